The number of aromatic nitrogens is 1. The summed E-state index contributed by atoms with van der Waals surface area (Å²) in [7, 11) is 1.58. The van der Waals surface area contributed by atoms with Crippen molar-refractivity contribution in [1.82, 2.24) is 4.98 Å². The fraction of sp³-hybridized carbons (Fsp3) is 0.258. The maximum absolute atomic E-state index is 13.6. The van der Waals surface area contributed by atoms with E-state index in [2.05, 4.69) is 25.8 Å². The first-order valence-corrected chi connectivity index (χ1v) is 13.7. The van der Waals surface area contributed by atoms with Gasteiger partial charge >= 0.3 is 5.91 Å². The third kappa shape index (κ3) is 4.36. The van der Waals surface area contributed by atoms with E-state index in [9.17, 15) is 14.7 Å². The van der Waals surface area contributed by atoms with Crippen molar-refractivity contribution in [2.75, 3.05) is 25.2 Å². The van der Waals surface area contributed by atoms with Crippen LogP contribution in [0.5, 0.6) is 17.2 Å². The summed E-state index contributed by atoms with van der Waals surface area (Å²) in [6.45, 7) is 7.16. The van der Waals surface area contributed by atoms with Crippen LogP contribution < -0.4 is 19.1 Å². The highest BCUT2D eigenvalue weighted by molar-refractivity contribution is 7.22. The zero-order valence-corrected chi connectivity index (χ0v) is 23.4. The summed E-state index contributed by atoms with van der Waals surface area (Å²) in [6.07, 6.45) is 0. The molecule has 1 unspecified atom stereocenters. The lowest BCUT2D eigenvalue weighted by atomic mass is 9.85. The molecule has 3 aromatic carbocycles. The van der Waals surface area contributed by atoms with Gasteiger partial charge in [0.2, 0.25) is 0 Å². The molecule has 0 radical (unpaired) electrons. The van der Waals surface area contributed by atoms with Gasteiger partial charge in [-0.05, 0) is 52.9 Å². The molecule has 1 N–H and O–H groups in total. The maximum atomic E-state index is 13.6. The summed E-state index contributed by atoms with van der Waals surface area (Å²) in [4.78, 5) is 33.3. The molecule has 1 saturated heterocycles. The molecular formula is C31H28N2O6S. The van der Waals surface area contributed by atoms with Gasteiger partial charge in [-0.3, -0.25) is 14.5 Å². The van der Waals surface area contributed by atoms with Crippen LogP contribution in [0.25, 0.3) is 16.0 Å². The van der Waals surface area contributed by atoms with Crippen LogP contribution in [0, 0.1) is 0 Å². The molecule has 0 spiro atoms. The number of benzene rings is 3. The Morgan fingerprint density at radius 2 is 1.73 bits per heavy atom. The first kappa shape index (κ1) is 25.9. The number of Topliss-reactive ketones (excluding diaryl/α,β-unsaturated/α-hetero) is 1. The minimum Gasteiger partial charge on any atom is -0.507 e. The lowest BCUT2D eigenvalue weighted by molar-refractivity contribution is -0.132. The lowest BCUT2D eigenvalue weighted by Gasteiger charge is -2.25. The Kier molecular flexibility index (Phi) is 6.26. The Hall–Kier alpha value is -4.37. The number of amides is 1. The van der Waals surface area contributed by atoms with Gasteiger partial charge in [-0.2, -0.15) is 0 Å². The highest BCUT2D eigenvalue weighted by Gasteiger charge is 2.48. The van der Waals surface area contributed by atoms with Gasteiger partial charge in [0, 0.05) is 5.56 Å². The number of nitrogens with zero attached hydrogens (tertiary/aromatic N) is 2. The molecule has 0 saturated carbocycles. The van der Waals surface area contributed by atoms with Crippen LogP contribution in [0.1, 0.15) is 43.5 Å². The van der Waals surface area contributed by atoms with Crippen LogP contribution in [0.2, 0.25) is 0 Å². The van der Waals surface area contributed by atoms with E-state index >= 15 is 0 Å². The number of aliphatic hydroxyl groups excluding tert-OH is 1. The van der Waals surface area contributed by atoms with Crippen LogP contribution >= 0.6 is 11.3 Å². The van der Waals surface area contributed by atoms with Gasteiger partial charge < -0.3 is 19.3 Å². The number of methoxy groups -OCH3 is 1. The topological polar surface area (TPSA) is 98.2 Å². The van der Waals surface area contributed by atoms with Gasteiger partial charge in [-0.1, -0.05) is 56.4 Å². The molecule has 4 aromatic rings. The van der Waals surface area contributed by atoms with Crippen molar-refractivity contribution in [2.24, 2.45) is 0 Å². The molecule has 2 aliphatic rings. The molecular weight excluding hydrogens is 528 g/mol. The van der Waals surface area contributed by atoms with Gasteiger partial charge in [0.05, 0.1) is 28.9 Å². The Morgan fingerprint density at radius 1 is 1.00 bits per heavy atom. The summed E-state index contributed by atoms with van der Waals surface area (Å²) in [5.41, 5.74) is 2.72. The highest BCUT2D eigenvalue weighted by atomic mass is 32.1. The standard InChI is InChI=1S/C31H28N2O6S/c1-31(2,3)19-8-5-17(6-9-19)26-25(27(34)18-7-12-22-23(15-18)39-14-13-38-22)28(35)29(36)33(26)30-32-21-11-10-20(37-4)16-24(21)40-30/h5-12,15-16,26,34H,13-14H2,1-4H3. The highest BCUT2D eigenvalue weighted by Crippen LogP contribution is 2.45. The Bertz CT molecular complexity index is 1680. The molecule has 204 valence electrons. The average Bonchev–Trinajstić information content (AvgIpc) is 3.49. The summed E-state index contributed by atoms with van der Waals surface area (Å²) < 4.78 is 17.4. The summed E-state index contributed by atoms with van der Waals surface area (Å²) in [5.74, 6) is -0.134. The number of ketones is 1. The molecule has 40 heavy (non-hydrogen) atoms. The predicted octanol–water partition coefficient (Wildman–Crippen LogP) is 6.00. The van der Waals surface area contributed by atoms with Crippen molar-refractivity contribution < 1.29 is 28.9 Å². The zero-order chi connectivity index (χ0) is 28.2. The monoisotopic (exact) mass is 556 g/mol. The van der Waals surface area contributed by atoms with E-state index in [0.717, 1.165) is 10.3 Å². The van der Waals surface area contributed by atoms with Gasteiger partial charge in [-0.15, -0.1) is 0 Å². The minimum absolute atomic E-state index is 0.0120. The van der Waals surface area contributed by atoms with Crippen molar-refractivity contribution in [3.8, 4) is 17.2 Å². The Balaban J connectivity index is 1.52. The van der Waals surface area contributed by atoms with Crippen LogP contribution in [-0.4, -0.2) is 42.1 Å². The van der Waals surface area contributed by atoms with Crippen molar-refractivity contribution in [3.05, 3.63) is 82.9 Å². The van der Waals surface area contributed by atoms with Gasteiger partial charge in [-0.25, -0.2) is 4.98 Å². The number of rotatable bonds is 4. The van der Waals surface area contributed by atoms with Crippen molar-refractivity contribution >= 4 is 44.1 Å². The number of carbonyl (C=O) groups is 2. The van der Waals surface area contributed by atoms with Crippen LogP contribution in [0.3, 0.4) is 0 Å². The van der Waals surface area contributed by atoms with Crippen LogP contribution in [0.4, 0.5) is 5.13 Å². The largest absolute Gasteiger partial charge is 0.507 e. The molecule has 0 aliphatic carbocycles. The predicted molar refractivity (Wildman–Crippen MR) is 154 cm³/mol. The second-order valence-corrected chi connectivity index (χ2v) is 11.7. The lowest BCUT2D eigenvalue weighted by Crippen LogP contribution is -2.29. The number of aliphatic hydroxyl groups is 1. The van der Waals surface area contributed by atoms with Crippen molar-refractivity contribution in [1.29, 1.82) is 0 Å². The van der Waals surface area contributed by atoms with E-state index in [0.29, 0.717) is 52.2 Å². The first-order valence-electron chi connectivity index (χ1n) is 12.9. The van der Waals surface area contributed by atoms with E-state index < -0.39 is 17.7 Å². The summed E-state index contributed by atoms with van der Waals surface area (Å²) >= 11 is 1.28. The number of carbonyl (C=O) groups excluding carboxylic acids is 2. The molecule has 1 aromatic heterocycles. The zero-order valence-electron chi connectivity index (χ0n) is 22.6. The fourth-order valence-electron chi connectivity index (χ4n) is 4.98. The molecule has 9 heteroatoms. The Labute approximate surface area is 235 Å². The van der Waals surface area contributed by atoms with E-state index in [4.69, 9.17) is 14.2 Å². The molecule has 1 fully saturated rings. The van der Waals surface area contributed by atoms with Crippen LogP contribution in [0.15, 0.2) is 66.2 Å². The number of hydrogen-bond acceptors (Lipinski definition) is 8. The molecule has 6 rings (SSSR count). The van der Waals surface area contributed by atoms with E-state index in [1.165, 1.54) is 16.2 Å². The maximum Gasteiger partial charge on any atom is 0.301 e. The number of ether oxygens (including phenoxy) is 3. The first-order chi connectivity index (χ1) is 19.2. The smallest absolute Gasteiger partial charge is 0.301 e. The molecule has 1 amide bonds. The fourth-order valence-corrected chi connectivity index (χ4v) is 6.00. The van der Waals surface area contributed by atoms with Gasteiger partial charge in [0.15, 0.2) is 16.6 Å². The van der Waals surface area contributed by atoms with Gasteiger partial charge in [0.25, 0.3) is 5.78 Å². The third-order valence-electron chi connectivity index (χ3n) is 7.14. The van der Waals surface area contributed by atoms with Crippen LogP contribution in [-0.2, 0) is 15.0 Å². The molecule has 8 nitrogen and oxygen atoms in total. The number of anilines is 1. The second-order valence-electron chi connectivity index (χ2n) is 10.7. The molecule has 0 bridgehead atoms. The minimum atomic E-state index is -0.885. The molecule has 3 heterocycles. The van der Waals surface area contributed by atoms with Gasteiger partial charge in [0.1, 0.15) is 24.7 Å². The Morgan fingerprint density at radius 3 is 2.42 bits per heavy atom. The van der Waals surface area contributed by atoms with Crippen molar-refractivity contribution in [3.63, 3.8) is 0 Å². The summed E-state index contributed by atoms with van der Waals surface area (Å²) in [5, 5.41) is 11.9. The number of thiazole rings is 1. The average molecular weight is 557 g/mol. The van der Waals surface area contributed by atoms with Crippen molar-refractivity contribution in [2.45, 2.75) is 32.2 Å². The summed E-state index contributed by atoms with van der Waals surface area (Å²) in [6, 6.07) is 17.3. The third-order valence-corrected chi connectivity index (χ3v) is 8.16. The van der Waals surface area contributed by atoms with E-state index in [-0.39, 0.29) is 16.7 Å². The second kappa shape index (κ2) is 9.67. The SMILES string of the molecule is COc1ccc2nc(N3C(=O)C(=O)C(=C(O)c4ccc5c(c4)OCCO5)C3c3ccc(C(C)(C)C)cc3)sc2c1. The molecule has 1 atom stereocenters. The molecule has 2 aliphatic heterocycles. The van der Waals surface area contributed by atoms with E-state index in [1.54, 1.807) is 31.4 Å². The number of hydrogen-bond donors (Lipinski definition) is 1. The quantitative estimate of drug-likeness (QED) is 0.187. The van der Waals surface area contributed by atoms with E-state index in [1.807, 2.05) is 36.4 Å². The normalized spacial score (nSPS) is 18.4. The number of fused-ring (bicyclic) bond motifs is 2.